The zero-order valence-electron chi connectivity index (χ0n) is 11.7. The topological polar surface area (TPSA) is 49.6 Å². The molecule has 2 heterocycles. The summed E-state index contributed by atoms with van der Waals surface area (Å²) in [4.78, 5) is 7.12. The summed E-state index contributed by atoms with van der Waals surface area (Å²) in [6, 6.07) is 8.08. The molecule has 0 aliphatic carbocycles. The standard InChI is InChI=1S/C14H19N3OS.HI/c1-3-15-14(16-9-12-5-4-8-18-12)17-10-13-7-6-11(2)19-13;/h4-8H,3,9-10H2,1-2H3,(H2,15,16,17);1H. The molecule has 2 aromatic heterocycles. The van der Waals surface area contributed by atoms with Crippen molar-refractivity contribution in [3.05, 3.63) is 46.0 Å². The number of hydrogen-bond acceptors (Lipinski definition) is 3. The zero-order valence-corrected chi connectivity index (χ0v) is 14.8. The van der Waals surface area contributed by atoms with E-state index in [-0.39, 0.29) is 24.0 Å². The van der Waals surface area contributed by atoms with Gasteiger partial charge in [-0.2, -0.15) is 0 Å². The van der Waals surface area contributed by atoms with Gasteiger partial charge < -0.3 is 15.1 Å². The first-order chi connectivity index (χ1) is 9.28. The Labute approximate surface area is 140 Å². The fourth-order valence-corrected chi connectivity index (χ4v) is 2.48. The Bertz CT molecular complexity index is 522. The molecule has 0 saturated heterocycles. The van der Waals surface area contributed by atoms with Gasteiger partial charge in [0.1, 0.15) is 12.3 Å². The largest absolute Gasteiger partial charge is 0.467 e. The van der Waals surface area contributed by atoms with Crippen LogP contribution in [-0.4, -0.2) is 12.5 Å². The van der Waals surface area contributed by atoms with Crippen molar-refractivity contribution in [1.29, 1.82) is 0 Å². The molecule has 0 saturated carbocycles. The van der Waals surface area contributed by atoms with Crippen molar-refractivity contribution in [1.82, 2.24) is 10.6 Å². The first-order valence-electron chi connectivity index (χ1n) is 6.38. The molecule has 0 bridgehead atoms. The van der Waals surface area contributed by atoms with E-state index in [1.165, 1.54) is 9.75 Å². The SMILES string of the molecule is CCNC(=NCc1ccco1)NCc1ccc(C)s1.I. The van der Waals surface area contributed by atoms with Crippen molar-refractivity contribution in [3.8, 4) is 0 Å². The fraction of sp³-hybridized carbons (Fsp3) is 0.357. The molecular formula is C14H20IN3OS. The monoisotopic (exact) mass is 405 g/mol. The van der Waals surface area contributed by atoms with E-state index in [2.05, 4.69) is 41.6 Å². The van der Waals surface area contributed by atoms with Gasteiger partial charge in [-0.1, -0.05) is 0 Å². The molecule has 6 heteroatoms. The molecule has 0 radical (unpaired) electrons. The van der Waals surface area contributed by atoms with E-state index >= 15 is 0 Å². The molecule has 2 aromatic rings. The van der Waals surface area contributed by atoms with Crippen LogP contribution in [0.25, 0.3) is 0 Å². The van der Waals surface area contributed by atoms with Gasteiger partial charge >= 0.3 is 0 Å². The molecule has 0 aromatic carbocycles. The van der Waals surface area contributed by atoms with Gasteiger partial charge in [0, 0.05) is 16.3 Å². The van der Waals surface area contributed by atoms with Gasteiger partial charge in [0.25, 0.3) is 0 Å². The van der Waals surface area contributed by atoms with Crippen molar-refractivity contribution < 1.29 is 4.42 Å². The van der Waals surface area contributed by atoms with Crippen LogP contribution in [0.15, 0.2) is 39.9 Å². The maximum Gasteiger partial charge on any atom is 0.191 e. The quantitative estimate of drug-likeness (QED) is 0.455. The molecule has 4 nitrogen and oxygen atoms in total. The number of rotatable bonds is 5. The normalized spacial score (nSPS) is 11.0. The van der Waals surface area contributed by atoms with E-state index in [0.29, 0.717) is 6.54 Å². The van der Waals surface area contributed by atoms with Crippen LogP contribution in [0.3, 0.4) is 0 Å². The highest BCUT2D eigenvalue weighted by Crippen LogP contribution is 2.14. The lowest BCUT2D eigenvalue weighted by atomic mass is 10.4. The van der Waals surface area contributed by atoms with Crippen LogP contribution in [0.4, 0.5) is 0 Å². The lowest BCUT2D eigenvalue weighted by Crippen LogP contribution is -2.36. The Balaban J connectivity index is 0.00000200. The lowest BCUT2D eigenvalue weighted by Gasteiger charge is -2.09. The summed E-state index contributed by atoms with van der Waals surface area (Å²) < 4.78 is 5.27. The third kappa shape index (κ3) is 5.54. The summed E-state index contributed by atoms with van der Waals surface area (Å²) in [5, 5.41) is 6.54. The highest BCUT2D eigenvalue weighted by atomic mass is 127. The van der Waals surface area contributed by atoms with Crippen LogP contribution >= 0.6 is 35.3 Å². The van der Waals surface area contributed by atoms with E-state index in [1.807, 2.05) is 12.1 Å². The molecule has 0 aliphatic heterocycles. The molecule has 0 amide bonds. The molecule has 0 atom stereocenters. The summed E-state index contributed by atoms with van der Waals surface area (Å²) in [5.74, 6) is 1.68. The van der Waals surface area contributed by atoms with E-state index in [0.717, 1.165) is 24.8 Å². The average molecular weight is 405 g/mol. The predicted molar refractivity (Wildman–Crippen MR) is 94.8 cm³/mol. The number of guanidine groups is 1. The molecule has 20 heavy (non-hydrogen) atoms. The van der Waals surface area contributed by atoms with Gasteiger partial charge in [0.05, 0.1) is 12.8 Å². The molecule has 0 fully saturated rings. The molecular weight excluding hydrogens is 385 g/mol. The van der Waals surface area contributed by atoms with Gasteiger partial charge in [0.2, 0.25) is 0 Å². The number of nitrogens with zero attached hydrogens (tertiary/aromatic N) is 1. The molecule has 0 unspecified atom stereocenters. The van der Waals surface area contributed by atoms with Crippen LogP contribution in [0.2, 0.25) is 0 Å². The zero-order chi connectivity index (χ0) is 13.5. The molecule has 0 aliphatic rings. The van der Waals surface area contributed by atoms with Crippen LogP contribution < -0.4 is 10.6 Å². The minimum Gasteiger partial charge on any atom is -0.467 e. The smallest absolute Gasteiger partial charge is 0.191 e. The van der Waals surface area contributed by atoms with Gasteiger partial charge in [-0.15, -0.1) is 35.3 Å². The highest BCUT2D eigenvalue weighted by molar-refractivity contribution is 14.0. The fourth-order valence-electron chi connectivity index (χ4n) is 1.65. The van der Waals surface area contributed by atoms with Crippen molar-refractivity contribution >= 4 is 41.3 Å². The van der Waals surface area contributed by atoms with Crippen LogP contribution in [0.1, 0.15) is 22.4 Å². The number of hydrogen-bond donors (Lipinski definition) is 2. The van der Waals surface area contributed by atoms with E-state index < -0.39 is 0 Å². The second kappa shape index (κ2) is 9.02. The molecule has 2 rings (SSSR count). The Morgan fingerprint density at radius 2 is 2.15 bits per heavy atom. The molecule has 110 valence electrons. The Morgan fingerprint density at radius 3 is 2.75 bits per heavy atom. The molecule has 0 spiro atoms. The Morgan fingerprint density at radius 1 is 1.30 bits per heavy atom. The number of halogens is 1. The Kier molecular flexibility index (Phi) is 7.68. The summed E-state index contributed by atoms with van der Waals surface area (Å²) >= 11 is 1.80. The minimum atomic E-state index is 0. The van der Waals surface area contributed by atoms with Gasteiger partial charge in [-0.25, -0.2) is 4.99 Å². The Hall–Kier alpha value is -1.02. The number of furan rings is 1. The number of nitrogens with one attached hydrogen (secondary N) is 2. The van der Waals surface area contributed by atoms with Crippen molar-refractivity contribution in [2.45, 2.75) is 26.9 Å². The van der Waals surface area contributed by atoms with Gasteiger partial charge in [0.15, 0.2) is 5.96 Å². The first-order valence-corrected chi connectivity index (χ1v) is 7.19. The van der Waals surface area contributed by atoms with Crippen molar-refractivity contribution in [3.63, 3.8) is 0 Å². The van der Waals surface area contributed by atoms with Crippen LogP contribution in [0, 0.1) is 6.92 Å². The summed E-state index contributed by atoms with van der Waals surface area (Å²) in [7, 11) is 0. The first kappa shape index (κ1) is 17.0. The lowest BCUT2D eigenvalue weighted by molar-refractivity contribution is 0.512. The van der Waals surface area contributed by atoms with Gasteiger partial charge in [-0.3, -0.25) is 0 Å². The number of thiophene rings is 1. The second-order valence-electron chi connectivity index (χ2n) is 4.14. The van der Waals surface area contributed by atoms with Crippen LogP contribution in [-0.2, 0) is 13.1 Å². The summed E-state index contributed by atoms with van der Waals surface area (Å²) in [5.41, 5.74) is 0. The summed E-state index contributed by atoms with van der Waals surface area (Å²) in [6.45, 7) is 6.35. The molecule has 2 N–H and O–H groups in total. The number of aryl methyl sites for hydroxylation is 1. The van der Waals surface area contributed by atoms with Gasteiger partial charge in [-0.05, 0) is 38.1 Å². The van der Waals surface area contributed by atoms with Crippen molar-refractivity contribution in [2.75, 3.05) is 6.54 Å². The van der Waals surface area contributed by atoms with Crippen molar-refractivity contribution in [2.24, 2.45) is 4.99 Å². The average Bonchev–Trinajstić information content (AvgIpc) is 3.04. The third-order valence-electron chi connectivity index (χ3n) is 2.54. The predicted octanol–water partition coefficient (Wildman–Crippen LogP) is 3.52. The van der Waals surface area contributed by atoms with Crippen LogP contribution in [0.5, 0.6) is 0 Å². The second-order valence-corrected chi connectivity index (χ2v) is 5.51. The van der Waals surface area contributed by atoms with E-state index in [4.69, 9.17) is 4.42 Å². The summed E-state index contributed by atoms with van der Waals surface area (Å²) in [6.07, 6.45) is 1.67. The minimum absolute atomic E-state index is 0. The van der Waals surface area contributed by atoms with E-state index in [9.17, 15) is 0 Å². The maximum atomic E-state index is 5.27. The highest BCUT2D eigenvalue weighted by Gasteiger charge is 2.01. The third-order valence-corrected chi connectivity index (χ3v) is 3.54. The maximum absolute atomic E-state index is 5.27. The number of aliphatic imine (C=N–C) groups is 1. The van der Waals surface area contributed by atoms with E-state index in [1.54, 1.807) is 17.6 Å².